The minimum absolute atomic E-state index is 0.465. The van der Waals surface area contributed by atoms with E-state index < -0.39 is 5.60 Å². The van der Waals surface area contributed by atoms with Crippen LogP contribution in [0.1, 0.15) is 45.7 Å². The molecule has 0 saturated heterocycles. The molecule has 0 aromatic heterocycles. The van der Waals surface area contributed by atoms with Gasteiger partial charge in [-0.05, 0) is 39.3 Å². The number of nitrogens with one attached hydrogen (secondary N) is 1. The van der Waals surface area contributed by atoms with E-state index in [4.69, 9.17) is 0 Å². The molecule has 0 amide bonds. The highest BCUT2D eigenvalue weighted by Crippen LogP contribution is 2.24. The number of hydrogen-bond acceptors (Lipinski definition) is 3. The van der Waals surface area contributed by atoms with Crippen LogP contribution in [0.15, 0.2) is 18.2 Å². The van der Waals surface area contributed by atoms with Gasteiger partial charge in [-0.15, -0.1) is 0 Å². The van der Waals surface area contributed by atoms with E-state index in [9.17, 15) is 5.11 Å². The van der Waals surface area contributed by atoms with Gasteiger partial charge in [-0.25, -0.2) is 0 Å². The van der Waals surface area contributed by atoms with Crippen molar-refractivity contribution in [3.05, 3.63) is 29.3 Å². The number of rotatable bonds is 7. The van der Waals surface area contributed by atoms with Gasteiger partial charge in [0.15, 0.2) is 0 Å². The highest BCUT2D eigenvalue weighted by Gasteiger charge is 2.19. The zero-order valence-corrected chi connectivity index (χ0v) is 13.8. The maximum Gasteiger partial charge on any atom is 0.0765 e. The molecule has 0 aliphatic rings. The van der Waals surface area contributed by atoms with Crippen molar-refractivity contribution in [1.82, 2.24) is 5.32 Å². The van der Waals surface area contributed by atoms with Gasteiger partial charge in [0.2, 0.25) is 0 Å². The lowest BCUT2D eigenvalue weighted by atomic mass is 10.0. The van der Waals surface area contributed by atoms with Crippen molar-refractivity contribution in [1.29, 1.82) is 0 Å². The van der Waals surface area contributed by atoms with Crippen LogP contribution < -0.4 is 10.2 Å². The summed E-state index contributed by atoms with van der Waals surface area (Å²) in [5.41, 5.74) is 3.09. The van der Waals surface area contributed by atoms with E-state index in [1.807, 2.05) is 13.8 Å². The summed E-state index contributed by atoms with van der Waals surface area (Å²) in [5, 5.41) is 13.6. The van der Waals surface area contributed by atoms with E-state index >= 15 is 0 Å². The average Bonchev–Trinajstić information content (AvgIpc) is 2.32. The minimum atomic E-state index is -0.691. The monoisotopic (exact) mass is 278 g/mol. The van der Waals surface area contributed by atoms with Gasteiger partial charge >= 0.3 is 0 Å². The molecule has 0 aliphatic carbocycles. The molecular weight excluding hydrogens is 248 g/mol. The molecule has 1 rings (SSSR count). The molecule has 2 N–H and O–H groups in total. The second-order valence-electron chi connectivity index (χ2n) is 6.49. The lowest BCUT2D eigenvalue weighted by Gasteiger charge is -2.32. The number of hydrogen-bond donors (Lipinski definition) is 2. The van der Waals surface area contributed by atoms with Gasteiger partial charge in [0.05, 0.1) is 5.60 Å². The molecule has 0 aliphatic heterocycles. The van der Waals surface area contributed by atoms with Crippen molar-refractivity contribution in [2.24, 2.45) is 0 Å². The maximum atomic E-state index is 10.1. The fraction of sp³-hybridized carbons (Fsp3) is 0.647. The number of aliphatic hydroxyl groups is 1. The van der Waals surface area contributed by atoms with Gasteiger partial charge < -0.3 is 15.3 Å². The standard InChI is InChI=1S/C17H30N2O/c1-7-19(12-17(5,6)20)16-9-8-14(4)10-15(16)11-18-13(2)3/h8-10,13,18,20H,7,11-12H2,1-6H3. The van der Waals surface area contributed by atoms with Crippen LogP contribution in [0.5, 0.6) is 0 Å². The Morgan fingerprint density at radius 2 is 1.95 bits per heavy atom. The topological polar surface area (TPSA) is 35.5 Å². The maximum absolute atomic E-state index is 10.1. The Morgan fingerprint density at radius 3 is 2.45 bits per heavy atom. The largest absolute Gasteiger partial charge is 0.389 e. The van der Waals surface area contributed by atoms with Crippen molar-refractivity contribution < 1.29 is 5.11 Å². The normalized spacial score (nSPS) is 12.0. The molecule has 1 aromatic carbocycles. The Balaban J connectivity index is 3.01. The van der Waals surface area contributed by atoms with Crippen LogP contribution in [0.3, 0.4) is 0 Å². The second-order valence-corrected chi connectivity index (χ2v) is 6.49. The summed E-state index contributed by atoms with van der Waals surface area (Å²) in [5.74, 6) is 0. The lowest BCUT2D eigenvalue weighted by Crippen LogP contribution is -2.39. The molecule has 0 heterocycles. The summed E-state index contributed by atoms with van der Waals surface area (Å²) in [6.07, 6.45) is 0. The van der Waals surface area contributed by atoms with Crippen LogP contribution in [0.25, 0.3) is 0 Å². The third-order valence-corrected chi connectivity index (χ3v) is 3.24. The molecular formula is C17H30N2O. The predicted molar refractivity (Wildman–Crippen MR) is 87.3 cm³/mol. The molecule has 0 fully saturated rings. The minimum Gasteiger partial charge on any atom is -0.389 e. The van der Waals surface area contributed by atoms with Crippen molar-refractivity contribution >= 4 is 5.69 Å². The smallest absolute Gasteiger partial charge is 0.0765 e. The van der Waals surface area contributed by atoms with E-state index in [0.717, 1.165) is 13.1 Å². The van der Waals surface area contributed by atoms with Gasteiger partial charge in [-0.1, -0.05) is 31.5 Å². The molecule has 20 heavy (non-hydrogen) atoms. The van der Waals surface area contributed by atoms with Gasteiger partial charge in [-0.3, -0.25) is 0 Å². The lowest BCUT2D eigenvalue weighted by molar-refractivity contribution is 0.0875. The van der Waals surface area contributed by atoms with Crippen LogP contribution >= 0.6 is 0 Å². The summed E-state index contributed by atoms with van der Waals surface area (Å²) >= 11 is 0. The SMILES string of the molecule is CCN(CC(C)(C)O)c1ccc(C)cc1CNC(C)C. The first-order chi connectivity index (χ1) is 9.23. The van der Waals surface area contributed by atoms with E-state index in [2.05, 4.69) is 56.1 Å². The van der Waals surface area contributed by atoms with Crippen molar-refractivity contribution in [3.8, 4) is 0 Å². The highest BCUT2D eigenvalue weighted by atomic mass is 16.3. The van der Waals surface area contributed by atoms with E-state index in [1.54, 1.807) is 0 Å². The third-order valence-electron chi connectivity index (χ3n) is 3.24. The molecule has 3 heteroatoms. The molecule has 0 radical (unpaired) electrons. The Kier molecular flexibility index (Phi) is 6.03. The summed E-state index contributed by atoms with van der Waals surface area (Å²) in [6.45, 7) is 14.7. The fourth-order valence-corrected chi connectivity index (χ4v) is 2.31. The molecule has 0 unspecified atom stereocenters. The van der Waals surface area contributed by atoms with Crippen molar-refractivity contribution in [2.45, 2.75) is 59.7 Å². The van der Waals surface area contributed by atoms with Crippen LogP contribution in [0.4, 0.5) is 5.69 Å². The first-order valence-corrected chi connectivity index (χ1v) is 7.53. The van der Waals surface area contributed by atoms with E-state index in [0.29, 0.717) is 12.6 Å². The van der Waals surface area contributed by atoms with Crippen molar-refractivity contribution in [2.75, 3.05) is 18.0 Å². The molecule has 114 valence electrons. The van der Waals surface area contributed by atoms with Crippen LogP contribution in [-0.2, 0) is 6.54 Å². The zero-order valence-electron chi connectivity index (χ0n) is 13.8. The van der Waals surface area contributed by atoms with Crippen LogP contribution in [0.2, 0.25) is 0 Å². The zero-order chi connectivity index (χ0) is 15.3. The fourth-order valence-electron chi connectivity index (χ4n) is 2.31. The number of anilines is 1. The second kappa shape index (κ2) is 7.09. The molecule has 0 spiro atoms. The van der Waals surface area contributed by atoms with Crippen molar-refractivity contribution in [3.63, 3.8) is 0 Å². The third kappa shape index (κ3) is 5.51. The Bertz CT molecular complexity index is 421. The van der Waals surface area contributed by atoms with Gasteiger partial charge in [-0.2, -0.15) is 0 Å². The van der Waals surface area contributed by atoms with Gasteiger partial charge in [0, 0.05) is 31.4 Å². The average molecular weight is 278 g/mol. The number of nitrogens with zero attached hydrogens (tertiary/aromatic N) is 1. The Morgan fingerprint density at radius 1 is 1.30 bits per heavy atom. The van der Waals surface area contributed by atoms with E-state index in [-0.39, 0.29) is 0 Å². The highest BCUT2D eigenvalue weighted by molar-refractivity contribution is 5.55. The predicted octanol–water partition coefficient (Wildman–Crippen LogP) is 3.09. The van der Waals surface area contributed by atoms with Crippen LogP contribution in [-0.4, -0.2) is 29.8 Å². The Hall–Kier alpha value is -1.06. The van der Waals surface area contributed by atoms with Gasteiger partial charge in [0.25, 0.3) is 0 Å². The number of likely N-dealkylation sites (N-methyl/N-ethyl adjacent to an activating group) is 1. The molecule has 0 saturated carbocycles. The summed E-state index contributed by atoms with van der Waals surface area (Å²) in [6, 6.07) is 7.01. The quantitative estimate of drug-likeness (QED) is 0.804. The summed E-state index contributed by atoms with van der Waals surface area (Å²) in [7, 11) is 0. The molecule has 3 nitrogen and oxygen atoms in total. The molecule has 0 bridgehead atoms. The molecule has 0 atom stereocenters. The van der Waals surface area contributed by atoms with E-state index in [1.165, 1.54) is 16.8 Å². The summed E-state index contributed by atoms with van der Waals surface area (Å²) in [4.78, 5) is 2.25. The number of aryl methyl sites for hydroxylation is 1. The summed E-state index contributed by atoms with van der Waals surface area (Å²) < 4.78 is 0. The molecule has 1 aromatic rings. The number of benzene rings is 1. The van der Waals surface area contributed by atoms with Gasteiger partial charge in [0.1, 0.15) is 0 Å². The first-order valence-electron chi connectivity index (χ1n) is 7.53. The Labute approximate surface area is 124 Å². The first kappa shape index (κ1) is 17.0. The van der Waals surface area contributed by atoms with Crippen LogP contribution in [0, 0.1) is 6.92 Å².